The molecule has 16 nitrogen and oxygen atoms in total. The fourth-order valence-electron chi connectivity index (χ4n) is 2.73. The van der Waals surface area contributed by atoms with E-state index in [4.69, 9.17) is 31.9 Å². The summed E-state index contributed by atoms with van der Waals surface area (Å²) in [5.41, 5.74) is 2.67. The Morgan fingerprint density at radius 2 is 1.94 bits per heavy atom. The third kappa shape index (κ3) is 6.62. The highest BCUT2D eigenvalue weighted by molar-refractivity contribution is 7.98. The predicted molar refractivity (Wildman–Crippen MR) is 110 cm³/mol. The van der Waals surface area contributed by atoms with E-state index in [1.54, 1.807) is 6.26 Å². The van der Waals surface area contributed by atoms with Gasteiger partial charge in [-0.2, -0.15) is 25.4 Å². The van der Waals surface area contributed by atoms with Gasteiger partial charge < -0.3 is 35.2 Å². The second kappa shape index (κ2) is 9.72. The summed E-state index contributed by atoms with van der Waals surface area (Å²) in [4.78, 5) is 49.8. The number of hydrogen-bond donors (Lipinski definition) is 6. The van der Waals surface area contributed by atoms with Crippen molar-refractivity contribution in [3.63, 3.8) is 0 Å². The molecule has 1 aromatic rings. The van der Waals surface area contributed by atoms with Crippen molar-refractivity contribution in [2.75, 3.05) is 31.0 Å². The number of aliphatic hydroxyl groups excluding tert-OH is 1. The molecule has 7 N–H and O–H groups in total. The molecule has 1 aromatic heterocycles. The van der Waals surface area contributed by atoms with Gasteiger partial charge in [-0.05, 0) is 12.3 Å². The number of rotatable bonds is 10. The normalized spacial score (nSPS) is 30.0. The molecule has 21 heteroatoms. The molecule has 1 saturated heterocycles. The zero-order chi connectivity index (χ0) is 24.6. The van der Waals surface area contributed by atoms with Gasteiger partial charge in [-0.25, -0.2) is 18.5 Å². The number of halogens is 1. The quantitative estimate of drug-likeness (QED) is 0.156. The lowest BCUT2D eigenvalue weighted by molar-refractivity contribution is -0.0738. The Bertz CT molecular complexity index is 1050. The van der Waals surface area contributed by atoms with E-state index >= 15 is 0 Å². The van der Waals surface area contributed by atoms with E-state index in [9.17, 15) is 33.4 Å². The number of aliphatic hydroxyl groups is 1. The van der Waals surface area contributed by atoms with Crippen molar-refractivity contribution >= 4 is 52.6 Å². The smallest absolute Gasteiger partial charge is 0.386 e. The van der Waals surface area contributed by atoms with Crippen molar-refractivity contribution in [2.45, 2.75) is 16.7 Å². The number of nitrogen functional groups attached to an aromatic ring is 1. The number of thioether (sulfide) groups is 1. The summed E-state index contributed by atoms with van der Waals surface area (Å²) in [5.74, 6) is -0.224. The molecule has 2 heterocycles. The summed E-state index contributed by atoms with van der Waals surface area (Å²) in [5, 5.41) is 10.9. The molecule has 5 atom stereocenters. The number of alkyl halides is 1. The molecule has 32 heavy (non-hydrogen) atoms. The Balaban J connectivity index is 2.26. The number of phosphoric acid groups is 3. The highest BCUT2D eigenvalue weighted by Gasteiger charge is 2.60. The van der Waals surface area contributed by atoms with Crippen LogP contribution in [0, 0.1) is 0 Å². The minimum absolute atomic E-state index is 0.108. The minimum atomic E-state index is -5.74. The molecule has 0 radical (unpaired) electrons. The highest BCUT2D eigenvalue weighted by Crippen LogP contribution is 2.66. The van der Waals surface area contributed by atoms with Gasteiger partial charge in [0.15, 0.2) is 5.00 Å². The van der Waals surface area contributed by atoms with Gasteiger partial charge in [0.05, 0.1) is 13.2 Å². The lowest BCUT2D eigenvalue weighted by atomic mass is 9.96. The van der Waals surface area contributed by atoms with Crippen LogP contribution in [0.2, 0.25) is 0 Å². The largest absolute Gasteiger partial charge is 0.490 e. The molecule has 0 saturated carbocycles. The molecular formula is C11H19ClN3O13P3S. The maximum Gasteiger partial charge on any atom is 0.490 e. The van der Waals surface area contributed by atoms with Gasteiger partial charge in [0, 0.05) is 11.9 Å². The summed E-state index contributed by atoms with van der Waals surface area (Å²) in [6, 6.07) is 1.24. The molecule has 0 amide bonds. The first-order valence-electron chi connectivity index (χ1n) is 8.09. The zero-order valence-electron chi connectivity index (χ0n) is 16.0. The van der Waals surface area contributed by atoms with E-state index < -0.39 is 59.1 Å². The predicted octanol–water partition coefficient (Wildman–Crippen LogP) is -0.447. The molecule has 0 aliphatic carbocycles. The van der Waals surface area contributed by atoms with Gasteiger partial charge in [0.1, 0.15) is 17.5 Å². The van der Waals surface area contributed by atoms with E-state index in [2.05, 4.69) is 18.1 Å². The lowest BCUT2D eigenvalue weighted by Crippen LogP contribution is -2.54. The van der Waals surface area contributed by atoms with Crippen LogP contribution < -0.4 is 11.4 Å². The summed E-state index contributed by atoms with van der Waals surface area (Å²) in [6.45, 7) is -1.47. The number of ether oxygens (including phenoxy) is 1. The van der Waals surface area contributed by atoms with Crippen LogP contribution >= 0.6 is 46.8 Å². The molecule has 2 rings (SSSR count). The SMILES string of the molecule is CSC[C@]1(COP(=O)(O)OP(=O)(O)OP(=O)(O)O)OC[C@@](Cl)(n2ccc(N)nc2=O)[C@@H]1O. The first-order chi connectivity index (χ1) is 14.5. The summed E-state index contributed by atoms with van der Waals surface area (Å²) in [7, 11) is -16.8. The molecular weight excluding hydrogens is 543 g/mol. The number of hydrogen-bond acceptors (Lipinski definition) is 12. The first-order valence-corrected chi connectivity index (χ1v) is 14.4. The maximum atomic E-state index is 12.2. The van der Waals surface area contributed by atoms with Gasteiger partial charge in [0.25, 0.3) is 0 Å². The van der Waals surface area contributed by atoms with E-state index in [0.717, 1.165) is 22.5 Å². The molecule has 1 fully saturated rings. The van der Waals surface area contributed by atoms with Gasteiger partial charge in [-0.1, -0.05) is 11.6 Å². The molecule has 0 bridgehead atoms. The first kappa shape index (κ1) is 27.9. The van der Waals surface area contributed by atoms with Crippen LogP contribution in [0.4, 0.5) is 5.82 Å². The molecule has 0 aromatic carbocycles. The topological polar surface area (TPSA) is 250 Å². The maximum absolute atomic E-state index is 12.2. The van der Waals surface area contributed by atoms with Crippen molar-refractivity contribution in [1.29, 1.82) is 0 Å². The monoisotopic (exact) mass is 561 g/mol. The molecule has 1 aliphatic rings. The number of anilines is 1. The number of nitrogens with zero attached hydrogens (tertiary/aromatic N) is 2. The Morgan fingerprint density at radius 1 is 1.31 bits per heavy atom. The zero-order valence-corrected chi connectivity index (χ0v) is 20.2. The Morgan fingerprint density at radius 3 is 2.47 bits per heavy atom. The van der Waals surface area contributed by atoms with E-state index in [0.29, 0.717) is 0 Å². The van der Waals surface area contributed by atoms with Crippen LogP contribution in [0.1, 0.15) is 0 Å². The fourth-order valence-corrected chi connectivity index (χ4v) is 7.00. The average Bonchev–Trinajstić information content (AvgIpc) is 2.84. The van der Waals surface area contributed by atoms with E-state index in [1.807, 2.05) is 0 Å². The highest BCUT2D eigenvalue weighted by atomic mass is 35.5. The van der Waals surface area contributed by atoms with Gasteiger partial charge >= 0.3 is 29.2 Å². The number of aromatic nitrogens is 2. The Hall–Kier alpha value is -0.350. The third-order valence-corrected chi connectivity index (χ3v) is 9.04. The van der Waals surface area contributed by atoms with E-state index in [-0.39, 0.29) is 11.6 Å². The van der Waals surface area contributed by atoms with Crippen LogP contribution in [0.5, 0.6) is 0 Å². The summed E-state index contributed by atoms with van der Waals surface area (Å²) >= 11 is 7.53. The average molecular weight is 562 g/mol. The Labute approximate surface area is 189 Å². The van der Waals surface area contributed by atoms with Crippen molar-refractivity contribution in [3.8, 4) is 0 Å². The third-order valence-electron chi connectivity index (χ3n) is 3.98. The van der Waals surface area contributed by atoms with Crippen molar-refractivity contribution < 1.29 is 56.3 Å². The summed E-state index contributed by atoms with van der Waals surface area (Å²) in [6.07, 6.45) is 0.967. The van der Waals surface area contributed by atoms with Gasteiger partial charge in [-0.3, -0.25) is 9.09 Å². The molecule has 0 spiro atoms. The van der Waals surface area contributed by atoms with Crippen molar-refractivity contribution in [2.24, 2.45) is 0 Å². The second-order valence-electron chi connectivity index (χ2n) is 6.38. The number of phosphoric ester groups is 1. The molecule has 184 valence electrons. The van der Waals surface area contributed by atoms with Gasteiger partial charge in [0.2, 0.25) is 0 Å². The minimum Gasteiger partial charge on any atom is -0.386 e. The lowest BCUT2D eigenvalue weighted by Gasteiger charge is -2.34. The molecule has 2 unspecified atom stereocenters. The number of nitrogens with two attached hydrogens (primary N) is 1. The van der Waals surface area contributed by atoms with Crippen LogP contribution in [-0.2, 0) is 36.6 Å². The van der Waals surface area contributed by atoms with Crippen LogP contribution in [-0.4, -0.2) is 71.2 Å². The van der Waals surface area contributed by atoms with Crippen molar-refractivity contribution in [1.82, 2.24) is 9.55 Å². The molecule has 1 aliphatic heterocycles. The standard InChI is InChI=1S/C11H19ClN3O13P3S/c1-32-6-10(4-26-30(21,22)28-31(23,24)27-29(18,19)20)8(16)11(12,5-25-10)15-3-2-7(13)14-9(15)17/h2-3,8,16H,4-6H2,1H3,(H,21,22)(H,23,24)(H2,13,14,17)(H2,18,19,20)/t8-,10+,11-/m1/s1. The van der Waals surface area contributed by atoms with Gasteiger partial charge in [-0.15, -0.1) is 0 Å². The van der Waals surface area contributed by atoms with Crippen LogP contribution in [0.25, 0.3) is 0 Å². The van der Waals surface area contributed by atoms with Crippen LogP contribution in [0.15, 0.2) is 17.1 Å². The second-order valence-corrected chi connectivity index (χ2v) is 12.3. The van der Waals surface area contributed by atoms with Crippen LogP contribution in [0.3, 0.4) is 0 Å². The van der Waals surface area contributed by atoms with Crippen molar-refractivity contribution in [3.05, 3.63) is 22.7 Å². The summed E-state index contributed by atoms with van der Waals surface area (Å²) < 4.78 is 52.4. The Kier molecular flexibility index (Phi) is 8.47. The fraction of sp³-hybridized carbons (Fsp3) is 0.636. The van der Waals surface area contributed by atoms with E-state index in [1.165, 1.54) is 6.07 Å².